The summed E-state index contributed by atoms with van der Waals surface area (Å²) in [6.07, 6.45) is 1.63. The Kier molecular flexibility index (Phi) is 7.27. The van der Waals surface area contributed by atoms with Crippen molar-refractivity contribution in [2.24, 2.45) is 4.99 Å². The second-order valence-corrected chi connectivity index (χ2v) is 2.63. The van der Waals surface area contributed by atoms with Gasteiger partial charge in [0.2, 0.25) is 6.41 Å². The second-order valence-electron chi connectivity index (χ2n) is 1.77. The van der Waals surface area contributed by atoms with Gasteiger partial charge >= 0.3 is 0 Å². The summed E-state index contributed by atoms with van der Waals surface area (Å²) in [7, 11) is 0. The van der Waals surface area contributed by atoms with E-state index in [1.807, 2.05) is 0 Å². The van der Waals surface area contributed by atoms with Crippen LogP contribution in [0.25, 0.3) is 0 Å². The summed E-state index contributed by atoms with van der Waals surface area (Å²) in [5, 5.41) is 4.15. The molecule has 0 atom stereocenters. The number of thioether (sulfide) groups is 1. The molecule has 0 aliphatic heterocycles. The first-order chi connectivity index (χ1) is 5.85. The van der Waals surface area contributed by atoms with E-state index in [4.69, 9.17) is 0 Å². The third-order valence-electron chi connectivity index (χ3n) is 0.965. The minimum absolute atomic E-state index is 0.261. The van der Waals surface area contributed by atoms with Crippen molar-refractivity contribution in [2.75, 3.05) is 5.88 Å². The summed E-state index contributed by atoms with van der Waals surface area (Å²) in [5.41, 5.74) is 0.614. The Hall–Kier alpha value is -1.10. The zero-order valence-electron chi connectivity index (χ0n) is 6.53. The predicted octanol–water partition coefficient (Wildman–Crippen LogP) is 0.554. The van der Waals surface area contributed by atoms with Gasteiger partial charge in [0.15, 0.2) is 0 Å². The van der Waals surface area contributed by atoms with Crippen molar-refractivity contribution in [1.29, 1.82) is 0 Å². The molecule has 0 fully saturated rings. The maximum atomic E-state index is 10.1. The van der Waals surface area contributed by atoms with Gasteiger partial charge in [0.05, 0.1) is 11.6 Å². The number of nitrogens with zero attached hydrogens (tertiary/aromatic N) is 1. The summed E-state index contributed by atoms with van der Waals surface area (Å²) in [5.74, 6) is 0.474. The largest absolute Gasteiger partial charge is 0.349 e. The number of allylic oxidation sites excluding steroid dienone is 1. The summed E-state index contributed by atoms with van der Waals surface area (Å²) >= 11 is 1.35. The molecule has 66 valence electrons. The molecule has 0 aliphatic rings. The highest BCUT2D eigenvalue weighted by Gasteiger charge is 1.90. The van der Waals surface area contributed by atoms with Crippen LogP contribution in [-0.2, 0) is 9.59 Å². The molecular weight excluding hydrogens is 176 g/mol. The van der Waals surface area contributed by atoms with Crippen LogP contribution in [0, 0.1) is 0 Å². The number of carbonyl (C=O) groups is 2. The minimum atomic E-state index is 0.261. The zero-order chi connectivity index (χ0) is 9.23. The molecule has 0 saturated carbocycles. The highest BCUT2D eigenvalue weighted by Crippen LogP contribution is 2.08. The lowest BCUT2D eigenvalue weighted by atomic mass is 10.4. The Morgan fingerprint density at radius 3 is 2.83 bits per heavy atom. The molecule has 0 radical (unpaired) electrons. The first-order valence-corrected chi connectivity index (χ1v) is 4.28. The summed E-state index contributed by atoms with van der Waals surface area (Å²) in [6.45, 7) is 3.30. The van der Waals surface area contributed by atoms with Gasteiger partial charge in [-0.2, -0.15) is 0 Å². The van der Waals surface area contributed by atoms with Crippen molar-refractivity contribution in [3.8, 4) is 0 Å². The maximum absolute atomic E-state index is 10.1. The van der Waals surface area contributed by atoms with Crippen LogP contribution >= 0.6 is 11.8 Å². The number of hydrogen-bond acceptors (Lipinski definition) is 4. The molecule has 0 aromatic rings. The van der Waals surface area contributed by atoms with Crippen molar-refractivity contribution < 1.29 is 9.59 Å². The fourth-order valence-corrected chi connectivity index (χ4v) is 1.07. The molecule has 0 rings (SSSR count). The fraction of sp³-hybridized carbons (Fsp3) is 0.286. The number of carbonyl (C=O) groups excluding carboxylic acids is 2. The lowest BCUT2D eigenvalue weighted by molar-refractivity contribution is -0.109. The lowest BCUT2D eigenvalue weighted by Crippen LogP contribution is -2.07. The van der Waals surface area contributed by atoms with Crippen LogP contribution < -0.4 is 5.32 Å². The van der Waals surface area contributed by atoms with Crippen molar-refractivity contribution in [1.82, 2.24) is 5.32 Å². The molecular formula is C7H10N2O2S. The molecule has 0 aromatic carbocycles. The SMILES string of the molecule is C=N/C(=C\SCNC=O)CC=O. The fourth-order valence-electron chi connectivity index (χ4n) is 0.455. The van der Waals surface area contributed by atoms with E-state index in [1.165, 1.54) is 11.8 Å². The average Bonchev–Trinajstić information content (AvgIpc) is 2.10. The molecule has 12 heavy (non-hydrogen) atoms. The Balaban J connectivity index is 3.68. The van der Waals surface area contributed by atoms with Gasteiger partial charge in [0.1, 0.15) is 6.29 Å². The first-order valence-electron chi connectivity index (χ1n) is 3.23. The van der Waals surface area contributed by atoms with Crippen LogP contribution in [-0.4, -0.2) is 25.3 Å². The molecule has 0 unspecified atom stereocenters. The summed E-state index contributed by atoms with van der Waals surface area (Å²) < 4.78 is 0. The van der Waals surface area contributed by atoms with Crippen LogP contribution in [0.4, 0.5) is 0 Å². The Labute approximate surface area is 75.1 Å². The van der Waals surface area contributed by atoms with Crippen molar-refractivity contribution in [2.45, 2.75) is 6.42 Å². The Bertz CT molecular complexity index is 192. The molecule has 5 heteroatoms. The van der Waals surface area contributed by atoms with E-state index in [2.05, 4.69) is 17.0 Å². The maximum Gasteiger partial charge on any atom is 0.207 e. The van der Waals surface area contributed by atoms with E-state index >= 15 is 0 Å². The van der Waals surface area contributed by atoms with Crippen molar-refractivity contribution in [3.63, 3.8) is 0 Å². The van der Waals surface area contributed by atoms with Gasteiger partial charge in [-0.3, -0.25) is 9.79 Å². The normalized spacial score (nSPS) is 10.5. The van der Waals surface area contributed by atoms with Crippen LogP contribution in [0.15, 0.2) is 16.1 Å². The monoisotopic (exact) mass is 186 g/mol. The van der Waals surface area contributed by atoms with E-state index in [0.717, 1.165) is 6.29 Å². The number of nitrogens with one attached hydrogen (secondary N) is 1. The zero-order valence-corrected chi connectivity index (χ0v) is 7.34. The average molecular weight is 186 g/mol. The van der Waals surface area contributed by atoms with Gasteiger partial charge in [-0.15, -0.1) is 11.8 Å². The molecule has 4 nitrogen and oxygen atoms in total. The molecule has 0 saturated heterocycles. The van der Waals surface area contributed by atoms with Crippen LogP contribution in [0.1, 0.15) is 6.42 Å². The molecule has 0 bridgehead atoms. The molecule has 0 aliphatic carbocycles. The quantitative estimate of drug-likeness (QED) is 0.273. The summed E-state index contributed by atoms with van der Waals surface area (Å²) in [6, 6.07) is 0. The van der Waals surface area contributed by atoms with Gasteiger partial charge in [0.25, 0.3) is 0 Å². The number of rotatable bonds is 7. The molecule has 1 amide bonds. The van der Waals surface area contributed by atoms with E-state index in [1.54, 1.807) is 5.41 Å². The van der Waals surface area contributed by atoms with E-state index in [0.29, 0.717) is 18.0 Å². The van der Waals surface area contributed by atoms with Crippen molar-refractivity contribution in [3.05, 3.63) is 11.1 Å². The molecule has 1 N–H and O–H groups in total. The highest BCUT2D eigenvalue weighted by molar-refractivity contribution is 8.02. The smallest absolute Gasteiger partial charge is 0.207 e. The molecule has 0 heterocycles. The number of amides is 1. The highest BCUT2D eigenvalue weighted by atomic mass is 32.2. The number of aliphatic imine (C=N–C) groups is 1. The molecule has 0 aromatic heterocycles. The topological polar surface area (TPSA) is 58.5 Å². The number of hydrogen-bond donors (Lipinski definition) is 1. The van der Waals surface area contributed by atoms with E-state index in [9.17, 15) is 9.59 Å². The van der Waals surface area contributed by atoms with E-state index < -0.39 is 0 Å². The third kappa shape index (κ3) is 5.67. The van der Waals surface area contributed by atoms with Crippen LogP contribution in [0.2, 0.25) is 0 Å². The van der Waals surface area contributed by atoms with E-state index in [-0.39, 0.29) is 6.42 Å². The third-order valence-corrected chi connectivity index (χ3v) is 1.74. The minimum Gasteiger partial charge on any atom is -0.349 e. The first kappa shape index (κ1) is 10.9. The van der Waals surface area contributed by atoms with Crippen molar-refractivity contribution >= 4 is 31.2 Å². The van der Waals surface area contributed by atoms with Gasteiger partial charge in [-0.25, -0.2) is 0 Å². The second kappa shape index (κ2) is 8.00. The van der Waals surface area contributed by atoms with Crippen LogP contribution in [0.3, 0.4) is 0 Å². The summed E-state index contributed by atoms with van der Waals surface area (Å²) in [4.78, 5) is 23.5. The van der Waals surface area contributed by atoms with Gasteiger partial charge in [0, 0.05) is 6.42 Å². The van der Waals surface area contributed by atoms with Gasteiger partial charge in [-0.1, -0.05) is 0 Å². The standard InChI is InChI=1S/C7H10N2O2S/c1-8-7(2-3-10)4-12-6-9-5-11/h3-5H,1-2,6H2,(H,9,11)/b7-4-. The van der Waals surface area contributed by atoms with Gasteiger partial charge in [-0.05, 0) is 12.1 Å². The Morgan fingerprint density at radius 2 is 2.33 bits per heavy atom. The van der Waals surface area contributed by atoms with Gasteiger partial charge < -0.3 is 10.1 Å². The number of aldehydes is 1. The lowest BCUT2D eigenvalue weighted by Gasteiger charge is -1.95. The van der Waals surface area contributed by atoms with Crippen LogP contribution in [0.5, 0.6) is 0 Å². The molecule has 0 spiro atoms. The predicted molar refractivity (Wildman–Crippen MR) is 50.0 cm³/mol. The Morgan fingerprint density at radius 1 is 1.58 bits per heavy atom.